The number of fused-ring (bicyclic) bond motifs is 1. The Morgan fingerprint density at radius 2 is 1.96 bits per heavy atom. The van der Waals surface area contributed by atoms with Crippen molar-refractivity contribution in [3.63, 3.8) is 0 Å². The topological polar surface area (TPSA) is 65.4 Å². The second-order valence-electron chi connectivity index (χ2n) is 5.47. The maximum atomic E-state index is 12.3. The zero-order valence-corrected chi connectivity index (χ0v) is 14.0. The van der Waals surface area contributed by atoms with Gasteiger partial charge < -0.3 is 14.8 Å². The minimum atomic E-state index is -0.150. The standard InChI is InChI=1S/C16H18ClN3O3/c1-9-11(10(2)20(3)19-9)6-16(21)18-13-8-15-14(7-12(13)17)22-4-5-23-15/h7-8H,4-6H2,1-3H3,(H,18,21). The van der Waals surface area contributed by atoms with E-state index in [0.29, 0.717) is 35.4 Å². The van der Waals surface area contributed by atoms with Crippen LogP contribution in [0, 0.1) is 13.8 Å². The summed E-state index contributed by atoms with van der Waals surface area (Å²) in [6.45, 7) is 4.82. The molecule has 7 heteroatoms. The molecule has 3 rings (SSSR count). The molecule has 1 N–H and O–H groups in total. The van der Waals surface area contributed by atoms with E-state index in [2.05, 4.69) is 10.4 Å². The highest BCUT2D eigenvalue weighted by Crippen LogP contribution is 2.38. The molecule has 0 spiro atoms. The Morgan fingerprint density at radius 3 is 2.57 bits per heavy atom. The van der Waals surface area contributed by atoms with Gasteiger partial charge in [0.05, 0.1) is 22.8 Å². The maximum absolute atomic E-state index is 12.3. The molecule has 23 heavy (non-hydrogen) atoms. The van der Waals surface area contributed by atoms with Gasteiger partial charge in [-0.3, -0.25) is 9.48 Å². The molecule has 1 aliphatic rings. The van der Waals surface area contributed by atoms with Crippen molar-refractivity contribution in [1.82, 2.24) is 9.78 Å². The third kappa shape index (κ3) is 3.12. The van der Waals surface area contributed by atoms with Crippen LogP contribution in [-0.4, -0.2) is 28.9 Å². The van der Waals surface area contributed by atoms with Crippen molar-refractivity contribution in [3.05, 3.63) is 34.1 Å². The summed E-state index contributed by atoms with van der Waals surface area (Å²) in [6, 6.07) is 3.35. The molecule has 0 radical (unpaired) electrons. The van der Waals surface area contributed by atoms with Gasteiger partial charge in [0.15, 0.2) is 11.5 Å². The number of carbonyl (C=O) groups excluding carboxylic acids is 1. The van der Waals surface area contributed by atoms with E-state index < -0.39 is 0 Å². The van der Waals surface area contributed by atoms with E-state index in [1.807, 2.05) is 20.9 Å². The van der Waals surface area contributed by atoms with Crippen molar-refractivity contribution in [1.29, 1.82) is 0 Å². The van der Waals surface area contributed by atoms with Crippen LogP contribution in [0.2, 0.25) is 5.02 Å². The molecule has 0 saturated carbocycles. The number of aryl methyl sites for hydroxylation is 2. The first-order chi connectivity index (χ1) is 11.0. The number of hydrogen-bond acceptors (Lipinski definition) is 4. The molecule has 1 amide bonds. The highest BCUT2D eigenvalue weighted by atomic mass is 35.5. The van der Waals surface area contributed by atoms with E-state index in [1.54, 1.807) is 16.8 Å². The number of nitrogens with one attached hydrogen (secondary N) is 1. The second kappa shape index (κ2) is 6.12. The lowest BCUT2D eigenvalue weighted by atomic mass is 10.1. The lowest BCUT2D eigenvalue weighted by Gasteiger charge is -2.20. The quantitative estimate of drug-likeness (QED) is 0.936. The van der Waals surface area contributed by atoms with Crippen LogP contribution in [0.1, 0.15) is 17.0 Å². The van der Waals surface area contributed by atoms with E-state index >= 15 is 0 Å². The predicted octanol–water partition coefficient (Wildman–Crippen LogP) is 2.64. The highest BCUT2D eigenvalue weighted by Gasteiger charge is 2.18. The lowest BCUT2D eigenvalue weighted by Crippen LogP contribution is -2.18. The van der Waals surface area contributed by atoms with Crippen LogP contribution < -0.4 is 14.8 Å². The minimum absolute atomic E-state index is 0.150. The van der Waals surface area contributed by atoms with Crippen molar-refractivity contribution in [2.24, 2.45) is 7.05 Å². The van der Waals surface area contributed by atoms with Crippen LogP contribution >= 0.6 is 11.6 Å². The number of halogens is 1. The minimum Gasteiger partial charge on any atom is -0.486 e. The molecule has 1 aromatic carbocycles. The van der Waals surface area contributed by atoms with Crippen LogP contribution in [0.4, 0.5) is 5.69 Å². The number of carbonyl (C=O) groups is 1. The van der Waals surface area contributed by atoms with Gasteiger partial charge >= 0.3 is 0 Å². The molecule has 0 aliphatic carbocycles. The van der Waals surface area contributed by atoms with Crippen LogP contribution in [-0.2, 0) is 18.3 Å². The van der Waals surface area contributed by atoms with E-state index in [4.69, 9.17) is 21.1 Å². The lowest BCUT2D eigenvalue weighted by molar-refractivity contribution is -0.115. The average Bonchev–Trinajstić information content (AvgIpc) is 2.74. The molecule has 1 aliphatic heterocycles. The Hall–Kier alpha value is -2.21. The van der Waals surface area contributed by atoms with Crippen LogP contribution in [0.3, 0.4) is 0 Å². The highest BCUT2D eigenvalue weighted by molar-refractivity contribution is 6.34. The van der Waals surface area contributed by atoms with Gasteiger partial charge in [-0.1, -0.05) is 11.6 Å². The summed E-state index contributed by atoms with van der Waals surface area (Å²) in [5.74, 6) is 1.03. The second-order valence-corrected chi connectivity index (χ2v) is 5.88. The van der Waals surface area contributed by atoms with E-state index in [0.717, 1.165) is 17.0 Å². The number of ether oxygens (including phenoxy) is 2. The molecular weight excluding hydrogens is 318 g/mol. The van der Waals surface area contributed by atoms with Gasteiger partial charge in [-0.2, -0.15) is 5.10 Å². The van der Waals surface area contributed by atoms with Gasteiger partial charge in [0.2, 0.25) is 5.91 Å². The Labute approximate surface area is 139 Å². The molecule has 0 saturated heterocycles. The Kier molecular flexibility index (Phi) is 4.17. The molecular formula is C16H18ClN3O3. The largest absolute Gasteiger partial charge is 0.486 e. The van der Waals surface area contributed by atoms with Crippen molar-refractivity contribution < 1.29 is 14.3 Å². The Balaban J connectivity index is 1.78. The van der Waals surface area contributed by atoms with Crippen molar-refractivity contribution in [2.75, 3.05) is 18.5 Å². The third-order valence-corrected chi connectivity index (χ3v) is 4.21. The van der Waals surface area contributed by atoms with Crippen LogP contribution in [0.15, 0.2) is 12.1 Å². The number of amides is 1. The van der Waals surface area contributed by atoms with Gasteiger partial charge in [0, 0.05) is 30.4 Å². The van der Waals surface area contributed by atoms with E-state index in [9.17, 15) is 4.79 Å². The van der Waals surface area contributed by atoms with Crippen LogP contribution in [0.5, 0.6) is 11.5 Å². The van der Waals surface area contributed by atoms with Crippen LogP contribution in [0.25, 0.3) is 0 Å². The molecule has 0 fully saturated rings. The van der Waals surface area contributed by atoms with Crippen molar-refractivity contribution in [2.45, 2.75) is 20.3 Å². The maximum Gasteiger partial charge on any atom is 0.228 e. The number of nitrogens with zero attached hydrogens (tertiary/aromatic N) is 2. The third-order valence-electron chi connectivity index (χ3n) is 3.90. The summed E-state index contributed by atoms with van der Waals surface area (Å²) >= 11 is 6.21. The number of benzene rings is 1. The number of rotatable bonds is 3. The first kappa shape index (κ1) is 15.7. The van der Waals surface area contributed by atoms with Gasteiger partial charge in [-0.25, -0.2) is 0 Å². The SMILES string of the molecule is Cc1nn(C)c(C)c1CC(=O)Nc1cc2c(cc1Cl)OCCO2. The molecule has 0 unspecified atom stereocenters. The number of aromatic nitrogens is 2. The molecule has 122 valence electrons. The molecule has 0 atom stereocenters. The molecule has 0 bridgehead atoms. The molecule has 1 aromatic heterocycles. The molecule has 6 nitrogen and oxygen atoms in total. The molecule has 2 aromatic rings. The predicted molar refractivity (Wildman–Crippen MR) is 87.5 cm³/mol. The van der Waals surface area contributed by atoms with Gasteiger partial charge in [-0.15, -0.1) is 0 Å². The summed E-state index contributed by atoms with van der Waals surface area (Å²) in [6.07, 6.45) is 0.246. The summed E-state index contributed by atoms with van der Waals surface area (Å²) in [5, 5.41) is 7.57. The fraction of sp³-hybridized carbons (Fsp3) is 0.375. The smallest absolute Gasteiger partial charge is 0.228 e. The zero-order chi connectivity index (χ0) is 16.6. The van der Waals surface area contributed by atoms with E-state index in [-0.39, 0.29) is 12.3 Å². The van der Waals surface area contributed by atoms with Gasteiger partial charge in [0.25, 0.3) is 0 Å². The number of anilines is 1. The fourth-order valence-electron chi connectivity index (χ4n) is 2.59. The monoisotopic (exact) mass is 335 g/mol. The normalized spacial score (nSPS) is 13.0. The van der Waals surface area contributed by atoms with Gasteiger partial charge in [0.1, 0.15) is 13.2 Å². The molecule has 2 heterocycles. The first-order valence-corrected chi connectivity index (χ1v) is 7.71. The summed E-state index contributed by atoms with van der Waals surface area (Å²) < 4.78 is 12.7. The Bertz CT molecular complexity index is 770. The van der Waals surface area contributed by atoms with Crippen molar-refractivity contribution >= 4 is 23.2 Å². The zero-order valence-electron chi connectivity index (χ0n) is 13.3. The fourth-order valence-corrected chi connectivity index (χ4v) is 2.79. The number of hydrogen-bond donors (Lipinski definition) is 1. The Morgan fingerprint density at radius 1 is 1.30 bits per heavy atom. The first-order valence-electron chi connectivity index (χ1n) is 7.33. The van der Waals surface area contributed by atoms with Crippen molar-refractivity contribution in [3.8, 4) is 11.5 Å². The summed E-state index contributed by atoms with van der Waals surface area (Å²) in [7, 11) is 1.86. The van der Waals surface area contributed by atoms with Gasteiger partial charge in [-0.05, 0) is 13.8 Å². The summed E-state index contributed by atoms with van der Waals surface area (Å²) in [4.78, 5) is 12.3. The summed E-state index contributed by atoms with van der Waals surface area (Å²) in [5.41, 5.74) is 3.28. The van der Waals surface area contributed by atoms with E-state index in [1.165, 1.54) is 0 Å². The average molecular weight is 336 g/mol.